The third kappa shape index (κ3) is 3.00. The van der Waals surface area contributed by atoms with Crippen molar-refractivity contribution in [2.24, 2.45) is 5.73 Å². The fourth-order valence-corrected chi connectivity index (χ4v) is 1.16. The van der Waals surface area contributed by atoms with Gasteiger partial charge in [-0.1, -0.05) is 6.07 Å². The number of halogens is 1. The largest absolute Gasteiger partial charge is 0.394 e. The maximum absolute atomic E-state index is 13.4. The molecule has 0 saturated carbocycles. The van der Waals surface area contributed by atoms with Gasteiger partial charge >= 0.3 is 0 Å². The smallest absolute Gasteiger partial charge is 0.221 e. The van der Waals surface area contributed by atoms with Gasteiger partial charge in [0.1, 0.15) is 5.82 Å². The number of amides is 1. The number of carbonyl (C=O) groups excluding carboxylic acids is 1. The van der Waals surface area contributed by atoms with Crippen LogP contribution in [0.4, 0.5) is 10.1 Å². The fraction of sp³-hybridized carbons (Fsp3) is 0.300. The lowest BCUT2D eigenvalue weighted by Gasteiger charge is -2.10. The zero-order chi connectivity index (χ0) is 11.4. The maximum atomic E-state index is 13.4. The highest BCUT2D eigenvalue weighted by Crippen LogP contribution is 2.18. The molecule has 0 saturated heterocycles. The summed E-state index contributed by atoms with van der Waals surface area (Å²) in [6.07, 6.45) is 0. The van der Waals surface area contributed by atoms with Crippen LogP contribution in [0.5, 0.6) is 0 Å². The lowest BCUT2D eigenvalue weighted by Crippen LogP contribution is -2.15. The Morgan fingerprint density at radius 3 is 2.80 bits per heavy atom. The summed E-state index contributed by atoms with van der Waals surface area (Å²) in [5.41, 5.74) is 6.11. The third-order valence-electron chi connectivity index (χ3n) is 1.93. The Balaban J connectivity index is 2.92. The van der Waals surface area contributed by atoms with Crippen molar-refractivity contribution in [2.45, 2.75) is 13.0 Å². The number of aliphatic hydroxyl groups excluding tert-OH is 1. The summed E-state index contributed by atoms with van der Waals surface area (Å²) in [7, 11) is 0. The molecular weight excluding hydrogens is 199 g/mol. The van der Waals surface area contributed by atoms with Gasteiger partial charge in [0.2, 0.25) is 5.91 Å². The standard InChI is InChI=1S/C10H13FN2O2/c1-6(15)13-10-3-2-7(4-8(10)11)9(12)5-14/h2-4,9,14H,5,12H2,1H3,(H,13,15)/t9-/m1/s1. The second-order valence-electron chi connectivity index (χ2n) is 3.21. The summed E-state index contributed by atoms with van der Waals surface area (Å²) < 4.78 is 13.4. The van der Waals surface area contributed by atoms with E-state index in [4.69, 9.17) is 10.8 Å². The monoisotopic (exact) mass is 212 g/mol. The van der Waals surface area contributed by atoms with Gasteiger partial charge in [-0.25, -0.2) is 4.39 Å². The van der Waals surface area contributed by atoms with Crippen LogP contribution in [0.3, 0.4) is 0 Å². The summed E-state index contributed by atoms with van der Waals surface area (Å²) in [4.78, 5) is 10.7. The average molecular weight is 212 g/mol. The van der Waals surface area contributed by atoms with E-state index < -0.39 is 11.9 Å². The van der Waals surface area contributed by atoms with Crippen molar-refractivity contribution in [2.75, 3.05) is 11.9 Å². The van der Waals surface area contributed by atoms with Gasteiger partial charge in [-0.05, 0) is 17.7 Å². The molecule has 82 valence electrons. The molecule has 1 aromatic carbocycles. The van der Waals surface area contributed by atoms with Crippen LogP contribution < -0.4 is 11.1 Å². The minimum atomic E-state index is -0.606. The molecule has 4 N–H and O–H groups in total. The van der Waals surface area contributed by atoms with Gasteiger partial charge in [0.05, 0.1) is 18.3 Å². The zero-order valence-corrected chi connectivity index (χ0v) is 8.33. The van der Waals surface area contributed by atoms with Crippen molar-refractivity contribution in [1.82, 2.24) is 0 Å². The first-order chi connectivity index (χ1) is 7.04. The molecular formula is C10H13FN2O2. The molecule has 0 aromatic heterocycles. The highest BCUT2D eigenvalue weighted by Gasteiger charge is 2.09. The Hall–Kier alpha value is -1.46. The SMILES string of the molecule is CC(=O)Nc1ccc([C@H](N)CO)cc1F. The third-order valence-corrected chi connectivity index (χ3v) is 1.93. The molecule has 1 amide bonds. The maximum Gasteiger partial charge on any atom is 0.221 e. The van der Waals surface area contributed by atoms with E-state index >= 15 is 0 Å². The lowest BCUT2D eigenvalue weighted by atomic mass is 10.1. The van der Waals surface area contributed by atoms with E-state index in [-0.39, 0.29) is 18.2 Å². The van der Waals surface area contributed by atoms with Crippen LogP contribution in [0.2, 0.25) is 0 Å². The normalized spacial score (nSPS) is 12.3. The van der Waals surface area contributed by atoms with Crippen molar-refractivity contribution < 1.29 is 14.3 Å². The average Bonchev–Trinajstić information content (AvgIpc) is 2.19. The number of hydrogen-bond donors (Lipinski definition) is 3. The van der Waals surface area contributed by atoms with Gasteiger partial charge in [-0.2, -0.15) is 0 Å². The van der Waals surface area contributed by atoms with Crippen LogP contribution >= 0.6 is 0 Å². The molecule has 0 aliphatic rings. The number of anilines is 1. The molecule has 0 radical (unpaired) electrons. The van der Waals surface area contributed by atoms with Crippen molar-refractivity contribution in [3.05, 3.63) is 29.6 Å². The van der Waals surface area contributed by atoms with Crippen LogP contribution in [0, 0.1) is 5.82 Å². The Morgan fingerprint density at radius 2 is 2.33 bits per heavy atom. The van der Waals surface area contributed by atoms with Crippen LogP contribution in [-0.4, -0.2) is 17.6 Å². The van der Waals surface area contributed by atoms with Crippen molar-refractivity contribution >= 4 is 11.6 Å². The van der Waals surface area contributed by atoms with Gasteiger partial charge in [0.25, 0.3) is 0 Å². The molecule has 5 heteroatoms. The molecule has 0 aliphatic carbocycles. The molecule has 0 unspecified atom stereocenters. The Labute approximate surface area is 86.9 Å². The van der Waals surface area contributed by atoms with Crippen LogP contribution in [-0.2, 0) is 4.79 Å². The lowest BCUT2D eigenvalue weighted by molar-refractivity contribution is -0.114. The molecule has 1 rings (SSSR count). The van der Waals surface area contributed by atoms with E-state index in [1.165, 1.54) is 19.1 Å². The summed E-state index contributed by atoms with van der Waals surface area (Å²) in [5, 5.41) is 11.1. The Bertz CT molecular complexity index is 368. The predicted molar refractivity (Wildman–Crippen MR) is 54.7 cm³/mol. The quantitative estimate of drug-likeness (QED) is 0.693. The number of hydrogen-bond acceptors (Lipinski definition) is 3. The molecule has 0 fully saturated rings. The van der Waals surface area contributed by atoms with E-state index in [0.717, 1.165) is 0 Å². The topological polar surface area (TPSA) is 75.4 Å². The number of nitrogens with one attached hydrogen (secondary N) is 1. The number of benzene rings is 1. The first-order valence-corrected chi connectivity index (χ1v) is 4.48. The van der Waals surface area contributed by atoms with Gasteiger partial charge in [-0.15, -0.1) is 0 Å². The summed E-state index contributed by atoms with van der Waals surface area (Å²) in [6.45, 7) is 1.05. The highest BCUT2D eigenvalue weighted by atomic mass is 19.1. The number of aliphatic hydroxyl groups is 1. The summed E-state index contributed by atoms with van der Waals surface area (Å²) in [5.74, 6) is -0.903. The minimum absolute atomic E-state index is 0.108. The van der Waals surface area contributed by atoms with Crippen molar-refractivity contribution in [3.63, 3.8) is 0 Å². The first kappa shape index (κ1) is 11.6. The Morgan fingerprint density at radius 1 is 1.67 bits per heavy atom. The van der Waals surface area contributed by atoms with E-state index in [0.29, 0.717) is 5.56 Å². The number of carbonyl (C=O) groups is 1. The van der Waals surface area contributed by atoms with Crippen LogP contribution in [0.15, 0.2) is 18.2 Å². The van der Waals surface area contributed by atoms with Gasteiger partial charge < -0.3 is 16.2 Å². The number of rotatable bonds is 3. The van der Waals surface area contributed by atoms with Crippen molar-refractivity contribution in [3.8, 4) is 0 Å². The molecule has 4 nitrogen and oxygen atoms in total. The van der Waals surface area contributed by atoms with Gasteiger partial charge in [0, 0.05) is 6.92 Å². The van der Waals surface area contributed by atoms with E-state index in [2.05, 4.69) is 5.32 Å². The number of nitrogens with two attached hydrogens (primary N) is 1. The van der Waals surface area contributed by atoms with Crippen molar-refractivity contribution in [1.29, 1.82) is 0 Å². The second-order valence-corrected chi connectivity index (χ2v) is 3.21. The summed E-state index contributed by atoms with van der Waals surface area (Å²) in [6, 6.07) is 3.58. The van der Waals surface area contributed by atoms with Crippen LogP contribution in [0.1, 0.15) is 18.5 Å². The Kier molecular flexibility index (Phi) is 3.76. The fourth-order valence-electron chi connectivity index (χ4n) is 1.16. The first-order valence-electron chi connectivity index (χ1n) is 4.48. The van der Waals surface area contributed by atoms with E-state index in [1.54, 1.807) is 6.07 Å². The minimum Gasteiger partial charge on any atom is -0.394 e. The highest BCUT2D eigenvalue weighted by molar-refractivity contribution is 5.88. The molecule has 0 heterocycles. The second kappa shape index (κ2) is 4.86. The summed E-state index contributed by atoms with van der Waals surface area (Å²) >= 11 is 0. The van der Waals surface area contributed by atoms with Crippen LogP contribution in [0.25, 0.3) is 0 Å². The van der Waals surface area contributed by atoms with E-state index in [9.17, 15) is 9.18 Å². The van der Waals surface area contributed by atoms with E-state index in [1.807, 2.05) is 0 Å². The molecule has 0 bridgehead atoms. The predicted octanol–water partition coefficient (Wildman–Crippen LogP) is 0.776. The molecule has 15 heavy (non-hydrogen) atoms. The van der Waals surface area contributed by atoms with Gasteiger partial charge in [-0.3, -0.25) is 4.79 Å². The molecule has 1 atom stereocenters. The molecule has 0 spiro atoms. The zero-order valence-electron chi connectivity index (χ0n) is 8.33. The molecule has 0 aliphatic heterocycles. The van der Waals surface area contributed by atoms with Gasteiger partial charge in [0.15, 0.2) is 0 Å². The molecule has 1 aromatic rings.